The predicted octanol–water partition coefficient (Wildman–Crippen LogP) is 3.72. The number of anilines is 2. The van der Waals surface area contributed by atoms with E-state index in [1.54, 1.807) is 48.7 Å². The Morgan fingerprint density at radius 1 is 1.07 bits per heavy atom. The molecule has 0 bridgehead atoms. The number of amides is 3. The van der Waals surface area contributed by atoms with Crippen molar-refractivity contribution >= 4 is 23.3 Å². The summed E-state index contributed by atoms with van der Waals surface area (Å²) in [6.07, 6.45) is 3.72. The molecular formula is C19H18N4O4. The van der Waals surface area contributed by atoms with Gasteiger partial charge in [-0.1, -0.05) is 5.16 Å². The van der Waals surface area contributed by atoms with Gasteiger partial charge in [0.1, 0.15) is 11.5 Å². The molecule has 8 heteroatoms. The molecule has 1 fully saturated rings. The molecule has 3 N–H and O–H groups in total. The van der Waals surface area contributed by atoms with Crippen LogP contribution in [0.1, 0.15) is 40.8 Å². The molecule has 0 unspecified atom stereocenters. The highest BCUT2D eigenvalue weighted by Crippen LogP contribution is 2.40. The van der Waals surface area contributed by atoms with Crippen molar-refractivity contribution in [3.63, 3.8) is 0 Å². The highest BCUT2D eigenvalue weighted by atomic mass is 16.5. The zero-order chi connectivity index (χ0) is 18.6. The molecule has 1 aliphatic rings. The molecule has 2 aromatic heterocycles. The standard InChI is InChI=1S/C19H18N4O4/c24-18(16-10-17(27-23-16)12-3-4-12)21-13-5-7-14(8-6-13)22-19(25)20-11-15-2-1-9-26-15/h1-2,5-10,12H,3-4,11H2,(H,21,24)(H2,20,22,25). The quantitative estimate of drug-likeness (QED) is 0.616. The van der Waals surface area contributed by atoms with Crippen LogP contribution in [0.25, 0.3) is 0 Å². The van der Waals surface area contributed by atoms with Gasteiger partial charge in [0, 0.05) is 23.4 Å². The summed E-state index contributed by atoms with van der Waals surface area (Å²) in [5, 5.41) is 12.0. The average Bonchev–Trinajstić information content (AvgIpc) is 3.18. The lowest BCUT2D eigenvalue weighted by Crippen LogP contribution is -2.27. The van der Waals surface area contributed by atoms with Crippen molar-refractivity contribution in [3.8, 4) is 0 Å². The fourth-order valence-corrected chi connectivity index (χ4v) is 2.54. The molecule has 3 amide bonds. The summed E-state index contributed by atoms with van der Waals surface area (Å²) in [5.41, 5.74) is 1.45. The molecule has 8 nitrogen and oxygen atoms in total. The van der Waals surface area contributed by atoms with Crippen LogP contribution < -0.4 is 16.0 Å². The Labute approximate surface area is 154 Å². The summed E-state index contributed by atoms with van der Waals surface area (Å²) in [5.74, 6) is 1.51. The van der Waals surface area contributed by atoms with Crippen molar-refractivity contribution < 1.29 is 18.5 Å². The third-order valence-electron chi connectivity index (χ3n) is 4.14. The van der Waals surface area contributed by atoms with Crippen LogP contribution in [0.3, 0.4) is 0 Å². The first kappa shape index (κ1) is 16.9. The zero-order valence-electron chi connectivity index (χ0n) is 14.4. The number of rotatable bonds is 6. The summed E-state index contributed by atoms with van der Waals surface area (Å²) >= 11 is 0. The molecular weight excluding hydrogens is 348 g/mol. The van der Waals surface area contributed by atoms with Crippen LogP contribution in [0.5, 0.6) is 0 Å². The van der Waals surface area contributed by atoms with Gasteiger partial charge in [0.25, 0.3) is 5.91 Å². The van der Waals surface area contributed by atoms with Gasteiger partial charge in [-0.05, 0) is 49.2 Å². The van der Waals surface area contributed by atoms with Gasteiger partial charge < -0.3 is 24.9 Å². The van der Waals surface area contributed by atoms with Crippen LogP contribution >= 0.6 is 0 Å². The van der Waals surface area contributed by atoms with E-state index in [0.717, 1.165) is 18.6 Å². The summed E-state index contributed by atoms with van der Waals surface area (Å²) in [6.45, 7) is 0.299. The van der Waals surface area contributed by atoms with Crippen molar-refractivity contribution in [1.29, 1.82) is 0 Å². The highest BCUT2D eigenvalue weighted by Gasteiger charge is 2.28. The molecule has 0 saturated heterocycles. The zero-order valence-corrected chi connectivity index (χ0v) is 14.4. The third-order valence-corrected chi connectivity index (χ3v) is 4.14. The van der Waals surface area contributed by atoms with E-state index in [9.17, 15) is 9.59 Å². The fourth-order valence-electron chi connectivity index (χ4n) is 2.54. The molecule has 1 aliphatic carbocycles. The van der Waals surface area contributed by atoms with Gasteiger partial charge in [-0.3, -0.25) is 4.79 Å². The van der Waals surface area contributed by atoms with Crippen LogP contribution in [0.4, 0.5) is 16.2 Å². The topological polar surface area (TPSA) is 109 Å². The summed E-state index contributed by atoms with van der Waals surface area (Å²) in [7, 11) is 0. The van der Waals surface area contributed by atoms with Gasteiger partial charge in [-0.25, -0.2) is 4.79 Å². The van der Waals surface area contributed by atoms with Gasteiger partial charge in [-0.2, -0.15) is 0 Å². The Bertz CT molecular complexity index is 927. The number of furan rings is 1. The number of hydrogen-bond donors (Lipinski definition) is 3. The van der Waals surface area contributed by atoms with Crippen LogP contribution in [-0.4, -0.2) is 17.1 Å². The summed E-state index contributed by atoms with van der Waals surface area (Å²) in [6, 6.07) is 11.7. The lowest BCUT2D eigenvalue weighted by molar-refractivity contribution is 0.101. The van der Waals surface area contributed by atoms with E-state index in [-0.39, 0.29) is 17.6 Å². The van der Waals surface area contributed by atoms with Crippen molar-refractivity contribution in [1.82, 2.24) is 10.5 Å². The number of nitrogens with one attached hydrogen (secondary N) is 3. The first-order chi connectivity index (χ1) is 13.2. The largest absolute Gasteiger partial charge is 0.467 e. The van der Waals surface area contributed by atoms with E-state index in [4.69, 9.17) is 8.94 Å². The summed E-state index contributed by atoms with van der Waals surface area (Å²) in [4.78, 5) is 24.1. The lowest BCUT2D eigenvalue weighted by atomic mass is 10.2. The fraction of sp³-hybridized carbons (Fsp3) is 0.211. The lowest BCUT2D eigenvalue weighted by Gasteiger charge is -2.08. The van der Waals surface area contributed by atoms with E-state index in [1.165, 1.54) is 0 Å². The molecule has 1 aromatic carbocycles. The first-order valence-corrected chi connectivity index (χ1v) is 8.62. The molecule has 0 spiro atoms. The Hall–Kier alpha value is -3.55. The van der Waals surface area contributed by atoms with Crippen molar-refractivity contribution in [2.24, 2.45) is 0 Å². The molecule has 138 valence electrons. The minimum absolute atomic E-state index is 0.261. The van der Waals surface area contributed by atoms with Crippen LogP contribution in [0, 0.1) is 0 Å². The van der Waals surface area contributed by atoms with Gasteiger partial charge in [0.05, 0.1) is 12.8 Å². The molecule has 1 saturated carbocycles. The maximum absolute atomic E-state index is 12.2. The van der Waals surface area contributed by atoms with E-state index in [0.29, 0.717) is 29.6 Å². The maximum Gasteiger partial charge on any atom is 0.319 e. The number of urea groups is 1. The minimum Gasteiger partial charge on any atom is -0.467 e. The molecule has 4 rings (SSSR count). The second kappa shape index (κ2) is 7.36. The third kappa shape index (κ3) is 4.35. The molecule has 27 heavy (non-hydrogen) atoms. The predicted molar refractivity (Wildman–Crippen MR) is 97.4 cm³/mol. The van der Waals surface area contributed by atoms with E-state index >= 15 is 0 Å². The van der Waals surface area contributed by atoms with Crippen molar-refractivity contribution in [2.75, 3.05) is 10.6 Å². The Morgan fingerprint density at radius 2 is 1.81 bits per heavy atom. The van der Waals surface area contributed by atoms with Crippen LogP contribution in [0.15, 0.2) is 57.7 Å². The number of aromatic nitrogens is 1. The van der Waals surface area contributed by atoms with E-state index < -0.39 is 0 Å². The Kier molecular flexibility index (Phi) is 4.61. The minimum atomic E-state index is -0.349. The van der Waals surface area contributed by atoms with E-state index in [2.05, 4.69) is 21.1 Å². The number of carbonyl (C=O) groups excluding carboxylic acids is 2. The van der Waals surface area contributed by atoms with Crippen LogP contribution in [0.2, 0.25) is 0 Å². The van der Waals surface area contributed by atoms with E-state index in [1.807, 2.05) is 0 Å². The van der Waals surface area contributed by atoms with Gasteiger partial charge in [0.2, 0.25) is 0 Å². The monoisotopic (exact) mass is 366 g/mol. The van der Waals surface area contributed by atoms with Crippen molar-refractivity contribution in [2.45, 2.75) is 25.3 Å². The Balaban J connectivity index is 1.28. The SMILES string of the molecule is O=C(NCc1ccco1)Nc1ccc(NC(=O)c2cc(C3CC3)on2)cc1. The number of benzene rings is 1. The first-order valence-electron chi connectivity index (χ1n) is 8.62. The average molecular weight is 366 g/mol. The number of nitrogens with zero attached hydrogens (tertiary/aromatic N) is 1. The smallest absolute Gasteiger partial charge is 0.319 e. The van der Waals surface area contributed by atoms with Crippen LogP contribution in [-0.2, 0) is 6.54 Å². The maximum atomic E-state index is 12.2. The molecule has 0 aliphatic heterocycles. The molecule has 3 aromatic rings. The second-order valence-electron chi connectivity index (χ2n) is 6.31. The summed E-state index contributed by atoms with van der Waals surface area (Å²) < 4.78 is 10.3. The highest BCUT2D eigenvalue weighted by molar-refractivity contribution is 6.03. The number of carbonyl (C=O) groups is 2. The molecule has 2 heterocycles. The van der Waals surface area contributed by atoms with Gasteiger partial charge >= 0.3 is 6.03 Å². The van der Waals surface area contributed by atoms with Crippen molar-refractivity contribution in [3.05, 3.63) is 65.9 Å². The van der Waals surface area contributed by atoms with Gasteiger partial charge in [0.15, 0.2) is 5.69 Å². The molecule has 0 radical (unpaired) electrons. The Morgan fingerprint density at radius 3 is 2.48 bits per heavy atom. The molecule has 0 atom stereocenters. The van der Waals surface area contributed by atoms with Gasteiger partial charge in [-0.15, -0.1) is 0 Å². The number of hydrogen-bond acceptors (Lipinski definition) is 5. The second-order valence-corrected chi connectivity index (χ2v) is 6.31. The normalized spacial score (nSPS) is 13.2.